The van der Waals surface area contributed by atoms with Crippen molar-refractivity contribution in [1.29, 1.82) is 5.26 Å². The van der Waals surface area contributed by atoms with Gasteiger partial charge in [0.2, 0.25) is 11.6 Å². The molecule has 5 aliphatic rings. The van der Waals surface area contributed by atoms with Gasteiger partial charge in [-0.05, 0) is 33.7 Å². The SMILES string of the molecule is COC1=C(C)C(=O)C2=C(CN3[C@@H](C#N)[C@@H]4CC5=C(C(=O)C(OC)=C(C)C5=O)[C@H]([C@@H]3C2)N4C)C1=O. The second kappa shape index (κ2) is 7.58. The molecule has 3 aliphatic heterocycles. The molecule has 0 aromatic rings. The highest BCUT2D eigenvalue weighted by atomic mass is 16.5. The van der Waals surface area contributed by atoms with Crippen LogP contribution in [0.3, 0.4) is 0 Å². The van der Waals surface area contributed by atoms with E-state index in [2.05, 4.69) is 6.07 Å². The number of rotatable bonds is 2. The Labute approximate surface area is 196 Å². The first-order valence-electron chi connectivity index (χ1n) is 11.2. The summed E-state index contributed by atoms with van der Waals surface area (Å²) >= 11 is 0. The Morgan fingerprint density at radius 2 is 1.38 bits per heavy atom. The van der Waals surface area contributed by atoms with Crippen molar-refractivity contribution in [3.8, 4) is 6.07 Å². The number of piperazine rings is 1. The fraction of sp³-hybridized carbons (Fsp3) is 0.480. The highest BCUT2D eigenvalue weighted by Crippen LogP contribution is 2.47. The molecule has 34 heavy (non-hydrogen) atoms. The predicted molar refractivity (Wildman–Crippen MR) is 118 cm³/mol. The van der Waals surface area contributed by atoms with Crippen LogP contribution < -0.4 is 0 Å². The number of nitrogens with zero attached hydrogens (tertiary/aromatic N) is 3. The molecule has 0 radical (unpaired) electrons. The maximum atomic E-state index is 13.5. The first-order valence-corrected chi connectivity index (χ1v) is 11.2. The number of methoxy groups -OCH3 is 2. The van der Waals surface area contributed by atoms with Crippen molar-refractivity contribution in [3.05, 3.63) is 45.0 Å². The van der Waals surface area contributed by atoms with E-state index in [1.807, 2.05) is 16.8 Å². The van der Waals surface area contributed by atoms with Gasteiger partial charge < -0.3 is 9.47 Å². The molecule has 9 heteroatoms. The first kappa shape index (κ1) is 22.4. The van der Waals surface area contributed by atoms with Gasteiger partial charge in [-0.15, -0.1) is 0 Å². The van der Waals surface area contributed by atoms with E-state index in [9.17, 15) is 24.4 Å². The summed E-state index contributed by atoms with van der Waals surface area (Å²) in [5.41, 5.74) is 2.08. The molecule has 5 rings (SSSR count). The van der Waals surface area contributed by atoms with Gasteiger partial charge in [0.25, 0.3) is 0 Å². The van der Waals surface area contributed by atoms with Gasteiger partial charge in [-0.25, -0.2) is 0 Å². The number of allylic oxidation sites excluding steroid dienone is 4. The molecule has 176 valence electrons. The van der Waals surface area contributed by atoms with Gasteiger partial charge >= 0.3 is 0 Å². The lowest BCUT2D eigenvalue weighted by Crippen LogP contribution is -2.71. The Hall–Kier alpha value is -3.35. The Kier molecular flexibility index (Phi) is 5.01. The molecular weight excluding hydrogens is 438 g/mol. The first-order chi connectivity index (χ1) is 16.2. The van der Waals surface area contributed by atoms with Crippen molar-refractivity contribution >= 4 is 23.1 Å². The molecule has 1 fully saturated rings. The van der Waals surface area contributed by atoms with Crippen molar-refractivity contribution in [3.63, 3.8) is 0 Å². The van der Waals surface area contributed by atoms with Crippen LogP contribution in [0.4, 0.5) is 0 Å². The van der Waals surface area contributed by atoms with Crippen molar-refractivity contribution in [2.24, 2.45) is 0 Å². The molecule has 0 spiro atoms. The van der Waals surface area contributed by atoms with Gasteiger partial charge in [-0.3, -0.25) is 29.0 Å². The number of ketones is 4. The van der Waals surface area contributed by atoms with Crippen LogP contribution in [0.5, 0.6) is 0 Å². The lowest BCUT2D eigenvalue weighted by atomic mass is 9.69. The molecule has 3 heterocycles. The lowest BCUT2D eigenvalue weighted by molar-refractivity contribution is -0.123. The van der Waals surface area contributed by atoms with E-state index in [0.29, 0.717) is 22.3 Å². The average Bonchev–Trinajstić information content (AvgIpc) is 2.81. The van der Waals surface area contributed by atoms with Crippen LogP contribution in [-0.2, 0) is 28.7 Å². The number of hydrogen-bond acceptors (Lipinski definition) is 9. The summed E-state index contributed by atoms with van der Waals surface area (Å²) in [6.45, 7) is 3.26. The Morgan fingerprint density at radius 1 is 0.824 bits per heavy atom. The topological polar surface area (TPSA) is 117 Å². The van der Waals surface area contributed by atoms with Crippen LogP contribution >= 0.6 is 0 Å². The van der Waals surface area contributed by atoms with Gasteiger partial charge in [-0.1, -0.05) is 0 Å². The molecule has 1 saturated heterocycles. The third kappa shape index (κ3) is 2.67. The molecule has 0 N–H and O–H groups in total. The highest BCUT2D eigenvalue weighted by Gasteiger charge is 2.57. The van der Waals surface area contributed by atoms with Crippen LogP contribution in [0.15, 0.2) is 45.0 Å². The Morgan fingerprint density at radius 3 is 1.97 bits per heavy atom. The average molecular weight is 463 g/mol. The number of carbonyl (C=O) groups is 4. The van der Waals surface area contributed by atoms with E-state index in [0.717, 1.165) is 0 Å². The Bertz CT molecular complexity index is 1260. The summed E-state index contributed by atoms with van der Waals surface area (Å²) in [5, 5.41) is 10.1. The summed E-state index contributed by atoms with van der Waals surface area (Å²) in [4.78, 5) is 56.9. The number of likely N-dealkylation sites (N-methyl/N-ethyl adjacent to an activating group) is 1. The zero-order chi connectivity index (χ0) is 24.6. The molecule has 0 aromatic heterocycles. The monoisotopic (exact) mass is 463 g/mol. The van der Waals surface area contributed by atoms with Crippen molar-refractivity contribution in [2.75, 3.05) is 27.8 Å². The third-order valence-corrected chi connectivity index (χ3v) is 8.01. The lowest BCUT2D eigenvalue weighted by Gasteiger charge is -2.58. The molecule has 0 aromatic carbocycles. The molecule has 0 unspecified atom stereocenters. The van der Waals surface area contributed by atoms with E-state index in [1.54, 1.807) is 13.8 Å². The summed E-state index contributed by atoms with van der Waals surface area (Å²) in [5.74, 6) is -1.08. The molecule has 0 amide bonds. The number of fused-ring (bicyclic) bond motifs is 5. The normalized spacial score (nSPS) is 32.0. The quantitative estimate of drug-likeness (QED) is 0.548. The Balaban J connectivity index is 1.66. The van der Waals surface area contributed by atoms with Gasteiger partial charge in [-0.2, -0.15) is 5.26 Å². The predicted octanol–water partition coefficient (Wildman–Crippen LogP) is 0.777. The number of nitriles is 1. The highest BCUT2D eigenvalue weighted by molar-refractivity contribution is 6.26. The van der Waals surface area contributed by atoms with Crippen LogP contribution in [0.25, 0.3) is 0 Å². The molecule has 4 atom stereocenters. The van der Waals surface area contributed by atoms with E-state index in [-0.39, 0.29) is 71.2 Å². The van der Waals surface area contributed by atoms with Crippen molar-refractivity contribution in [1.82, 2.24) is 9.80 Å². The zero-order valence-electron chi connectivity index (χ0n) is 19.7. The summed E-state index contributed by atoms with van der Waals surface area (Å²) in [6, 6.07) is 0.457. The largest absolute Gasteiger partial charge is 0.492 e. The number of hydrogen-bond donors (Lipinski definition) is 0. The smallest absolute Gasteiger partial charge is 0.226 e. The molecule has 2 aliphatic carbocycles. The fourth-order valence-corrected chi connectivity index (χ4v) is 6.35. The number of carbonyl (C=O) groups excluding carboxylic acids is 4. The minimum absolute atomic E-state index is 0.0349. The van der Waals surface area contributed by atoms with E-state index in [4.69, 9.17) is 9.47 Å². The molecule has 0 saturated carbocycles. The van der Waals surface area contributed by atoms with Crippen LogP contribution in [0.1, 0.15) is 26.7 Å². The maximum Gasteiger partial charge on any atom is 0.226 e. The van der Waals surface area contributed by atoms with E-state index in [1.165, 1.54) is 14.2 Å². The summed E-state index contributed by atoms with van der Waals surface area (Å²) in [6.07, 6.45) is 0.446. The third-order valence-electron chi connectivity index (χ3n) is 8.01. The van der Waals surface area contributed by atoms with Gasteiger partial charge in [0.1, 0.15) is 6.04 Å². The molecule has 2 bridgehead atoms. The van der Waals surface area contributed by atoms with E-state index < -0.39 is 18.1 Å². The van der Waals surface area contributed by atoms with Crippen LogP contribution in [-0.4, -0.2) is 84.9 Å². The minimum atomic E-state index is -0.619. The summed E-state index contributed by atoms with van der Waals surface area (Å²) < 4.78 is 10.5. The number of Topliss-reactive ketones (excluding diaryl/α,β-unsaturated/α-hetero) is 4. The zero-order valence-corrected chi connectivity index (χ0v) is 19.7. The molecule has 9 nitrogen and oxygen atoms in total. The van der Waals surface area contributed by atoms with Gasteiger partial charge in [0.15, 0.2) is 23.1 Å². The maximum absolute atomic E-state index is 13.5. The fourth-order valence-electron chi connectivity index (χ4n) is 6.35. The second-order valence-corrected chi connectivity index (χ2v) is 9.38. The van der Waals surface area contributed by atoms with Gasteiger partial charge in [0.05, 0.1) is 26.3 Å². The second-order valence-electron chi connectivity index (χ2n) is 9.38. The van der Waals surface area contributed by atoms with Crippen molar-refractivity contribution < 1.29 is 28.7 Å². The standard InChI is InChI=1S/C25H25N3O6/c1-10-20(29)12-6-16-19-18-13(21(30)11(2)25(34-5)23(18)32)7-15(27(19)3)17(8-26)28(16)9-14(12)22(31)24(10)33-4/h15-17,19H,6-7,9H2,1-5H3/t15-,16-,17-,19-/m0/s1. The van der Waals surface area contributed by atoms with Crippen molar-refractivity contribution in [2.45, 2.75) is 50.9 Å². The number of ether oxygens (including phenoxy) is 2. The van der Waals surface area contributed by atoms with Gasteiger partial charge in [0, 0.05) is 52.1 Å². The minimum Gasteiger partial charge on any atom is -0.492 e. The summed E-state index contributed by atoms with van der Waals surface area (Å²) in [7, 11) is 4.58. The van der Waals surface area contributed by atoms with E-state index >= 15 is 0 Å². The van der Waals surface area contributed by atoms with Crippen LogP contribution in [0, 0.1) is 11.3 Å². The molecular formula is C25H25N3O6. The van der Waals surface area contributed by atoms with Crippen LogP contribution in [0.2, 0.25) is 0 Å².